The fourth-order valence-electron chi connectivity index (χ4n) is 1.47. The third kappa shape index (κ3) is 1.53. The molecule has 0 saturated heterocycles. The number of halogens is 1. The molecule has 0 radical (unpaired) electrons. The molecule has 0 amide bonds. The highest BCUT2D eigenvalue weighted by molar-refractivity contribution is 6.30. The van der Waals surface area contributed by atoms with E-state index in [4.69, 9.17) is 11.6 Å². The Hall–Kier alpha value is -1.94. The number of hydrogen-bond acceptors (Lipinski definition) is 3. The SMILES string of the molecule is Clc1ccn2nc(-c3cccnc3)nc2c1. The van der Waals surface area contributed by atoms with Gasteiger partial charge in [0.15, 0.2) is 11.5 Å². The van der Waals surface area contributed by atoms with Crippen molar-refractivity contribution in [2.24, 2.45) is 0 Å². The summed E-state index contributed by atoms with van der Waals surface area (Å²) in [6.45, 7) is 0. The average Bonchev–Trinajstić information content (AvgIpc) is 2.73. The molecule has 3 rings (SSSR count). The number of fused-ring (bicyclic) bond motifs is 1. The number of nitrogens with zero attached hydrogens (tertiary/aromatic N) is 4. The van der Waals surface area contributed by atoms with Gasteiger partial charge in [-0.3, -0.25) is 4.98 Å². The molecule has 0 spiro atoms. The summed E-state index contributed by atoms with van der Waals surface area (Å²) in [5, 5.41) is 4.98. The van der Waals surface area contributed by atoms with Crippen LogP contribution < -0.4 is 0 Å². The second-order valence-electron chi connectivity index (χ2n) is 3.32. The normalized spacial score (nSPS) is 10.8. The van der Waals surface area contributed by atoms with Crippen LogP contribution >= 0.6 is 11.6 Å². The summed E-state index contributed by atoms with van der Waals surface area (Å²) in [5.41, 5.74) is 1.62. The van der Waals surface area contributed by atoms with Gasteiger partial charge in [0.05, 0.1) is 0 Å². The van der Waals surface area contributed by atoms with Crippen LogP contribution in [0.3, 0.4) is 0 Å². The third-order valence-corrected chi connectivity index (χ3v) is 2.45. The first kappa shape index (κ1) is 9.30. The third-order valence-electron chi connectivity index (χ3n) is 2.22. The molecule has 0 aliphatic heterocycles. The van der Waals surface area contributed by atoms with Crippen LogP contribution in [0.4, 0.5) is 0 Å². The van der Waals surface area contributed by atoms with Gasteiger partial charge in [0.2, 0.25) is 0 Å². The first-order valence-corrected chi connectivity index (χ1v) is 5.13. The van der Waals surface area contributed by atoms with Gasteiger partial charge in [-0.25, -0.2) is 9.50 Å². The van der Waals surface area contributed by atoms with Crippen molar-refractivity contribution in [2.75, 3.05) is 0 Å². The van der Waals surface area contributed by atoms with Crippen LogP contribution in [0.25, 0.3) is 17.0 Å². The van der Waals surface area contributed by atoms with Crippen LogP contribution in [0, 0.1) is 0 Å². The smallest absolute Gasteiger partial charge is 0.183 e. The molecule has 0 bridgehead atoms. The van der Waals surface area contributed by atoms with Gasteiger partial charge in [0.25, 0.3) is 0 Å². The first-order valence-electron chi connectivity index (χ1n) is 4.75. The van der Waals surface area contributed by atoms with Crippen LogP contribution in [-0.4, -0.2) is 19.6 Å². The molecule has 0 unspecified atom stereocenters. The fraction of sp³-hybridized carbons (Fsp3) is 0. The maximum atomic E-state index is 5.88. The molecule has 0 aromatic carbocycles. The minimum absolute atomic E-state index is 0.648. The molecule has 0 atom stereocenters. The molecule has 0 aliphatic rings. The van der Waals surface area contributed by atoms with Gasteiger partial charge in [0.1, 0.15) is 0 Å². The van der Waals surface area contributed by atoms with Gasteiger partial charge < -0.3 is 0 Å². The summed E-state index contributed by atoms with van der Waals surface area (Å²) in [4.78, 5) is 8.40. The summed E-state index contributed by atoms with van der Waals surface area (Å²) in [7, 11) is 0. The Morgan fingerprint density at radius 1 is 1.25 bits per heavy atom. The second kappa shape index (κ2) is 3.57. The maximum absolute atomic E-state index is 5.88. The van der Waals surface area contributed by atoms with Gasteiger partial charge in [-0.2, -0.15) is 0 Å². The van der Waals surface area contributed by atoms with Crippen LogP contribution in [0.1, 0.15) is 0 Å². The minimum atomic E-state index is 0.648. The Bertz CT molecular complexity index is 633. The van der Waals surface area contributed by atoms with Gasteiger partial charge >= 0.3 is 0 Å². The molecule has 0 N–H and O–H groups in total. The lowest BCUT2D eigenvalue weighted by atomic mass is 10.3. The van der Waals surface area contributed by atoms with Crippen molar-refractivity contribution < 1.29 is 0 Å². The highest BCUT2D eigenvalue weighted by atomic mass is 35.5. The zero-order chi connectivity index (χ0) is 11.0. The number of aromatic nitrogens is 4. The molecule has 16 heavy (non-hydrogen) atoms. The van der Waals surface area contributed by atoms with E-state index in [1.807, 2.05) is 12.1 Å². The van der Waals surface area contributed by atoms with Gasteiger partial charge in [0, 0.05) is 35.2 Å². The zero-order valence-electron chi connectivity index (χ0n) is 8.21. The van der Waals surface area contributed by atoms with E-state index in [0.717, 1.165) is 11.2 Å². The van der Waals surface area contributed by atoms with Crippen molar-refractivity contribution in [2.45, 2.75) is 0 Å². The lowest BCUT2D eigenvalue weighted by Gasteiger charge is -1.90. The van der Waals surface area contributed by atoms with E-state index < -0.39 is 0 Å². The molecule has 3 aromatic rings. The van der Waals surface area contributed by atoms with Crippen molar-refractivity contribution in [3.8, 4) is 11.4 Å². The van der Waals surface area contributed by atoms with E-state index in [1.54, 1.807) is 35.2 Å². The molecule has 5 heteroatoms. The van der Waals surface area contributed by atoms with E-state index in [0.29, 0.717) is 10.8 Å². The molecular weight excluding hydrogens is 224 g/mol. The Kier molecular flexibility index (Phi) is 2.08. The predicted molar refractivity (Wildman–Crippen MR) is 61.2 cm³/mol. The number of hydrogen-bond donors (Lipinski definition) is 0. The van der Waals surface area contributed by atoms with Crippen LogP contribution in [0.15, 0.2) is 42.9 Å². The lowest BCUT2D eigenvalue weighted by Crippen LogP contribution is -1.85. The summed E-state index contributed by atoms with van der Waals surface area (Å²) in [6, 6.07) is 7.32. The summed E-state index contributed by atoms with van der Waals surface area (Å²) < 4.78 is 1.69. The number of rotatable bonds is 1. The molecule has 3 heterocycles. The lowest BCUT2D eigenvalue weighted by molar-refractivity contribution is 0.965. The highest BCUT2D eigenvalue weighted by Crippen LogP contribution is 2.16. The van der Waals surface area contributed by atoms with Crippen molar-refractivity contribution in [3.05, 3.63) is 47.9 Å². The van der Waals surface area contributed by atoms with Crippen molar-refractivity contribution in [3.63, 3.8) is 0 Å². The van der Waals surface area contributed by atoms with Crippen molar-refractivity contribution in [1.82, 2.24) is 19.6 Å². The maximum Gasteiger partial charge on any atom is 0.183 e. The largest absolute Gasteiger partial charge is 0.264 e. The van der Waals surface area contributed by atoms with E-state index in [9.17, 15) is 0 Å². The van der Waals surface area contributed by atoms with Gasteiger partial charge in [-0.05, 0) is 18.2 Å². The van der Waals surface area contributed by atoms with E-state index in [-0.39, 0.29) is 0 Å². The Morgan fingerprint density at radius 3 is 3.00 bits per heavy atom. The van der Waals surface area contributed by atoms with Crippen LogP contribution in [-0.2, 0) is 0 Å². The van der Waals surface area contributed by atoms with Gasteiger partial charge in [-0.15, -0.1) is 5.10 Å². The Balaban J connectivity index is 2.19. The molecule has 4 nitrogen and oxygen atoms in total. The summed E-state index contributed by atoms with van der Waals surface area (Å²) >= 11 is 5.88. The molecule has 0 aliphatic carbocycles. The zero-order valence-corrected chi connectivity index (χ0v) is 8.96. The molecule has 0 fully saturated rings. The van der Waals surface area contributed by atoms with Crippen LogP contribution in [0.5, 0.6) is 0 Å². The van der Waals surface area contributed by atoms with Crippen LogP contribution in [0.2, 0.25) is 5.02 Å². The topological polar surface area (TPSA) is 43.1 Å². The predicted octanol–water partition coefficient (Wildman–Crippen LogP) is 2.44. The monoisotopic (exact) mass is 230 g/mol. The fourth-order valence-corrected chi connectivity index (χ4v) is 1.63. The minimum Gasteiger partial charge on any atom is -0.264 e. The van der Waals surface area contributed by atoms with E-state index in [1.165, 1.54) is 0 Å². The first-order chi connectivity index (χ1) is 7.83. The average molecular weight is 231 g/mol. The summed E-state index contributed by atoms with van der Waals surface area (Å²) in [5.74, 6) is 0.648. The standard InChI is InChI=1S/C11H7ClN4/c12-9-3-5-16-10(6-9)14-11(15-16)8-2-1-4-13-7-8/h1-7H. The highest BCUT2D eigenvalue weighted by Gasteiger charge is 2.05. The van der Waals surface area contributed by atoms with E-state index in [2.05, 4.69) is 15.1 Å². The molecular formula is C11H7ClN4. The Morgan fingerprint density at radius 2 is 2.19 bits per heavy atom. The second-order valence-corrected chi connectivity index (χ2v) is 3.76. The van der Waals surface area contributed by atoms with Crippen molar-refractivity contribution in [1.29, 1.82) is 0 Å². The Labute approximate surface area is 96.5 Å². The summed E-state index contributed by atoms with van der Waals surface area (Å²) in [6.07, 6.45) is 5.23. The van der Waals surface area contributed by atoms with E-state index >= 15 is 0 Å². The molecule has 3 aromatic heterocycles. The van der Waals surface area contributed by atoms with Gasteiger partial charge in [-0.1, -0.05) is 11.6 Å². The quantitative estimate of drug-likeness (QED) is 0.645. The molecule has 0 saturated carbocycles. The van der Waals surface area contributed by atoms with Crippen molar-refractivity contribution >= 4 is 17.2 Å². The molecule has 78 valence electrons. The number of pyridine rings is 2.